The molecule has 1 saturated carbocycles. The van der Waals surface area contributed by atoms with Gasteiger partial charge >= 0.3 is 0 Å². The molecule has 0 N–H and O–H groups in total. The number of benzene rings is 10. The number of nitrogens with zero attached hydrogens (tertiary/aromatic N) is 4. The Labute approximate surface area is 384 Å². The maximum Gasteiger partial charge on any atom is 0.0550 e. The second-order valence-electron chi connectivity index (χ2n) is 18.0. The summed E-state index contributed by atoms with van der Waals surface area (Å²) in [5, 5.41) is 10.1. The number of anilines is 6. The van der Waals surface area contributed by atoms with Crippen LogP contribution in [0.25, 0.3) is 65.2 Å². The molecule has 2 heterocycles. The van der Waals surface area contributed by atoms with Crippen molar-refractivity contribution in [2.75, 3.05) is 9.80 Å². The van der Waals surface area contributed by atoms with Crippen LogP contribution in [0.1, 0.15) is 37.8 Å². The number of aromatic nitrogens is 2. The molecule has 66 heavy (non-hydrogen) atoms. The number of fused-ring (bicyclic) bond motifs is 8. The highest BCUT2D eigenvalue weighted by molar-refractivity contribution is 6.11. The fraction of sp³-hybridized carbons (Fsp3) is 0.0968. The topological polar surface area (TPSA) is 16.3 Å². The molecule has 1 aliphatic rings. The number of hydrogen-bond acceptors (Lipinski definition) is 2. The van der Waals surface area contributed by atoms with Crippen LogP contribution < -0.4 is 9.80 Å². The van der Waals surface area contributed by atoms with E-state index in [4.69, 9.17) is 0 Å². The van der Waals surface area contributed by atoms with E-state index in [1.165, 1.54) is 78.0 Å². The fourth-order valence-electron chi connectivity index (χ4n) is 11.3. The van der Waals surface area contributed by atoms with E-state index in [-0.39, 0.29) is 12.1 Å². The highest BCUT2D eigenvalue weighted by atomic mass is 15.2. The van der Waals surface area contributed by atoms with Crippen molar-refractivity contribution in [3.8, 4) is 0 Å². The lowest BCUT2D eigenvalue weighted by Crippen LogP contribution is -2.26. The molecule has 4 heteroatoms. The summed E-state index contributed by atoms with van der Waals surface area (Å²) in [6.07, 6.45) is 4.64. The van der Waals surface area contributed by atoms with Gasteiger partial charge in [-0.2, -0.15) is 0 Å². The van der Waals surface area contributed by atoms with Gasteiger partial charge in [-0.05, 0) is 131 Å². The van der Waals surface area contributed by atoms with Crippen molar-refractivity contribution in [2.24, 2.45) is 0 Å². The van der Waals surface area contributed by atoms with Crippen molar-refractivity contribution in [1.29, 1.82) is 0 Å². The molecule has 12 aromatic rings. The zero-order chi connectivity index (χ0) is 43.6. The van der Waals surface area contributed by atoms with Gasteiger partial charge in [0, 0.05) is 77.7 Å². The highest BCUT2D eigenvalue weighted by Crippen LogP contribution is 2.48. The standard InChI is InChI=1S/C62H48N4/c1-3-21-47(22-4-1)63(49-33-31-43-17-7-9-19-45(43)39-49)51-35-37-59-55(41-51)53-25-11-13-27-57(53)65(59)61-29-15-16-30-62(61)66-58-28-14-12-26-54(58)56-42-52(36-38-60(56)66)64(48-23-5-2-6-24-48)50-34-32-44-18-8-10-20-46(44)40-50/h1-14,17-28,31-42,61-62H,15-16,29-30H2. The second kappa shape index (κ2) is 15.9. The predicted octanol–water partition coefficient (Wildman–Crippen LogP) is 17.5. The van der Waals surface area contributed by atoms with Gasteiger partial charge in [0.1, 0.15) is 0 Å². The average molecular weight is 849 g/mol. The summed E-state index contributed by atoms with van der Waals surface area (Å²) < 4.78 is 5.43. The summed E-state index contributed by atoms with van der Waals surface area (Å²) in [6.45, 7) is 0. The Kier molecular flexibility index (Phi) is 9.23. The van der Waals surface area contributed by atoms with Crippen molar-refractivity contribution in [3.63, 3.8) is 0 Å². The molecule has 2 unspecified atom stereocenters. The fourth-order valence-corrected chi connectivity index (χ4v) is 11.3. The SMILES string of the molecule is c1ccc(N(c2ccc3ccccc3c2)c2ccc3c(c2)c2ccccc2n3C2CCCCC2n2c3ccccc3c3cc(N(c4ccccc4)c4ccc5ccccc5c4)ccc32)cc1. The minimum Gasteiger partial charge on any atom is -0.335 e. The molecule has 0 aliphatic heterocycles. The first-order valence-electron chi connectivity index (χ1n) is 23.5. The van der Waals surface area contributed by atoms with Gasteiger partial charge in [0.05, 0.1) is 12.1 Å². The van der Waals surface area contributed by atoms with Gasteiger partial charge in [-0.3, -0.25) is 0 Å². The van der Waals surface area contributed by atoms with E-state index < -0.39 is 0 Å². The normalized spacial score (nSPS) is 15.3. The van der Waals surface area contributed by atoms with E-state index in [1.54, 1.807) is 0 Å². The maximum absolute atomic E-state index is 2.72. The van der Waals surface area contributed by atoms with Crippen LogP contribution in [0.15, 0.2) is 231 Å². The minimum absolute atomic E-state index is 0.259. The van der Waals surface area contributed by atoms with Crippen LogP contribution in [0.3, 0.4) is 0 Å². The van der Waals surface area contributed by atoms with Gasteiger partial charge in [-0.15, -0.1) is 0 Å². The first-order chi connectivity index (χ1) is 32.7. The third-order valence-electron chi connectivity index (χ3n) is 14.3. The smallest absolute Gasteiger partial charge is 0.0550 e. The summed E-state index contributed by atoms with van der Waals surface area (Å²) in [5.74, 6) is 0. The molecule has 0 amide bonds. The first-order valence-corrected chi connectivity index (χ1v) is 23.5. The van der Waals surface area contributed by atoms with Crippen LogP contribution in [0, 0.1) is 0 Å². The van der Waals surface area contributed by atoms with Crippen molar-refractivity contribution < 1.29 is 0 Å². The zero-order valence-corrected chi connectivity index (χ0v) is 36.7. The lowest BCUT2D eigenvalue weighted by atomic mass is 9.89. The Morgan fingerprint density at radius 1 is 0.273 bits per heavy atom. The molecule has 2 aromatic heterocycles. The Bertz CT molecular complexity index is 3500. The molecule has 1 fully saturated rings. The Morgan fingerprint density at radius 3 is 1.08 bits per heavy atom. The maximum atomic E-state index is 2.72. The van der Waals surface area contributed by atoms with Gasteiger partial charge in [0.15, 0.2) is 0 Å². The Hall–Kier alpha value is -8.08. The van der Waals surface area contributed by atoms with Crippen molar-refractivity contribution in [2.45, 2.75) is 37.8 Å². The van der Waals surface area contributed by atoms with E-state index >= 15 is 0 Å². The molecule has 2 atom stereocenters. The molecule has 0 saturated heterocycles. The summed E-state index contributed by atoms with van der Waals surface area (Å²) in [5.41, 5.74) is 12.1. The molecule has 4 nitrogen and oxygen atoms in total. The lowest BCUT2D eigenvalue weighted by molar-refractivity contribution is 0.259. The molecule has 1 aliphatic carbocycles. The highest BCUT2D eigenvalue weighted by Gasteiger charge is 2.33. The average Bonchev–Trinajstić information content (AvgIpc) is 3.89. The molecule has 316 valence electrons. The molecule has 0 spiro atoms. The largest absolute Gasteiger partial charge is 0.335 e. The third kappa shape index (κ3) is 6.35. The van der Waals surface area contributed by atoms with Gasteiger partial charge in [-0.25, -0.2) is 0 Å². The quantitative estimate of drug-likeness (QED) is 0.151. The summed E-state index contributed by atoms with van der Waals surface area (Å²) in [7, 11) is 0. The van der Waals surface area contributed by atoms with E-state index in [0.717, 1.165) is 47.0 Å². The monoisotopic (exact) mass is 848 g/mol. The van der Waals surface area contributed by atoms with Crippen molar-refractivity contribution >= 4 is 99.3 Å². The van der Waals surface area contributed by atoms with Crippen LogP contribution in [0.5, 0.6) is 0 Å². The summed E-state index contributed by atoms with van der Waals surface area (Å²) >= 11 is 0. The first kappa shape index (κ1) is 38.4. The van der Waals surface area contributed by atoms with E-state index in [0.29, 0.717) is 0 Å². The molecule has 13 rings (SSSR count). The van der Waals surface area contributed by atoms with Crippen molar-refractivity contribution in [1.82, 2.24) is 9.13 Å². The van der Waals surface area contributed by atoms with Crippen molar-refractivity contribution in [3.05, 3.63) is 231 Å². The van der Waals surface area contributed by atoms with Gasteiger partial charge in [0.25, 0.3) is 0 Å². The summed E-state index contributed by atoms with van der Waals surface area (Å²) in [6, 6.07) is 85.6. The predicted molar refractivity (Wildman–Crippen MR) is 280 cm³/mol. The lowest BCUT2D eigenvalue weighted by Gasteiger charge is -2.36. The molecule has 10 aromatic carbocycles. The van der Waals surface area contributed by atoms with E-state index in [9.17, 15) is 0 Å². The van der Waals surface area contributed by atoms with Crippen LogP contribution in [0.4, 0.5) is 34.1 Å². The molecular formula is C62H48N4. The number of hydrogen-bond donors (Lipinski definition) is 0. The van der Waals surface area contributed by atoms with E-state index in [2.05, 4.69) is 249 Å². The Morgan fingerprint density at radius 2 is 0.621 bits per heavy atom. The number of rotatable bonds is 8. The minimum atomic E-state index is 0.259. The van der Waals surface area contributed by atoms with Gasteiger partial charge in [0.2, 0.25) is 0 Å². The molecule has 0 bridgehead atoms. The van der Waals surface area contributed by atoms with Crippen LogP contribution in [-0.2, 0) is 0 Å². The van der Waals surface area contributed by atoms with Crippen LogP contribution >= 0.6 is 0 Å². The summed E-state index contributed by atoms with van der Waals surface area (Å²) in [4.78, 5) is 4.82. The Balaban J connectivity index is 0.959. The second-order valence-corrected chi connectivity index (χ2v) is 18.0. The van der Waals surface area contributed by atoms with Crippen LogP contribution in [-0.4, -0.2) is 9.13 Å². The van der Waals surface area contributed by atoms with Gasteiger partial charge < -0.3 is 18.9 Å². The third-order valence-corrected chi connectivity index (χ3v) is 14.3. The van der Waals surface area contributed by atoms with Gasteiger partial charge in [-0.1, -0.05) is 146 Å². The molecular weight excluding hydrogens is 801 g/mol. The molecule has 0 radical (unpaired) electrons. The van der Waals surface area contributed by atoms with Crippen LogP contribution in [0.2, 0.25) is 0 Å². The number of para-hydroxylation sites is 4. The zero-order valence-electron chi connectivity index (χ0n) is 36.7. The van der Waals surface area contributed by atoms with E-state index in [1.807, 2.05) is 0 Å².